The second kappa shape index (κ2) is 11.9. The van der Waals surface area contributed by atoms with Crippen LogP contribution >= 0.6 is 0 Å². The maximum absolute atomic E-state index is 12.8. The first-order valence-electron chi connectivity index (χ1n) is 11.3. The Morgan fingerprint density at radius 2 is 1.56 bits per heavy atom. The Bertz CT molecular complexity index is 1260. The summed E-state index contributed by atoms with van der Waals surface area (Å²) in [6.45, 7) is 0.933. The highest BCUT2D eigenvalue weighted by Gasteiger charge is 2.27. The van der Waals surface area contributed by atoms with Crippen LogP contribution in [0, 0.1) is 0 Å². The van der Waals surface area contributed by atoms with Crippen molar-refractivity contribution in [2.45, 2.75) is 22.6 Å². The summed E-state index contributed by atoms with van der Waals surface area (Å²) in [6.07, 6.45) is 1.73. The van der Waals surface area contributed by atoms with Crippen LogP contribution in [0.2, 0.25) is 0 Å². The van der Waals surface area contributed by atoms with E-state index in [0.717, 1.165) is 17.1 Å². The quantitative estimate of drug-likeness (QED) is 0.398. The average molecular weight is 542 g/mol. The molecule has 2 aromatic rings. The molecule has 1 amide bonds. The number of rotatable bonds is 12. The van der Waals surface area contributed by atoms with Gasteiger partial charge in [0.05, 0.1) is 37.1 Å². The van der Waals surface area contributed by atoms with Crippen molar-refractivity contribution in [3.8, 4) is 17.2 Å². The van der Waals surface area contributed by atoms with E-state index in [1.807, 2.05) is 0 Å². The minimum Gasteiger partial charge on any atom is -0.493 e. The van der Waals surface area contributed by atoms with E-state index in [0.29, 0.717) is 24.6 Å². The van der Waals surface area contributed by atoms with Crippen molar-refractivity contribution < 1.29 is 35.8 Å². The van der Waals surface area contributed by atoms with Gasteiger partial charge < -0.3 is 19.5 Å². The predicted molar refractivity (Wildman–Crippen MR) is 132 cm³/mol. The monoisotopic (exact) mass is 541 g/mol. The maximum atomic E-state index is 12.8. The van der Waals surface area contributed by atoms with E-state index in [9.17, 15) is 21.6 Å². The van der Waals surface area contributed by atoms with Gasteiger partial charge in [-0.25, -0.2) is 16.8 Å². The van der Waals surface area contributed by atoms with Crippen molar-refractivity contribution in [2.75, 3.05) is 54.1 Å². The van der Waals surface area contributed by atoms with E-state index in [1.165, 1.54) is 55.9 Å². The summed E-state index contributed by atoms with van der Waals surface area (Å²) in [5.41, 5.74) is 0. The summed E-state index contributed by atoms with van der Waals surface area (Å²) in [5.74, 6) is 0.602. The first-order valence-corrected chi connectivity index (χ1v) is 14.2. The molecule has 1 fully saturated rings. The van der Waals surface area contributed by atoms with Gasteiger partial charge in [-0.3, -0.25) is 4.79 Å². The smallest absolute Gasteiger partial charge is 0.243 e. The van der Waals surface area contributed by atoms with Crippen molar-refractivity contribution in [3.63, 3.8) is 0 Å². The molecule has 2 aromatic carbocycles. The first-order chi connectivity index (χ1) is 17.1. The van der Waals surface area contributed by atoms with Crippen LogP contribution in [0.25, 0.3) is 0 Å². The van der Waals surface area contributed by atoms with Crippen LogP contribution in [0.3, 0.4) is 0 Å². The molecule has 3 rings (SSSR count). The molecule has 11 nitrogen and oxygen atoms in total. The Kier molecular flexibility index (Phi) is 9.17. The number of methoxy groups -OCH3 is 2. The van der Waals surface area contributed by atoms with Crippen LogP contribution in [-0.2, 0) is 24.8 Å². The fourth-order valence-corrected chi connectivity index (χ4v) is 6.30. The summed E-state index contributed by atoms with van der Waals surface area (Å²) < 4.78 is 69.0. The molecule has 0 radical (unpaired) electrons. The Morgan fingerprint density at radius 1 is 0.944 bits per heavy atom. The number of hydrogen-bond donors (Lipinski definition) is 1. The minimum atomic E-state index is -3.93. The highest BCUT2D eigenvalue weighted by atomic mass is 32.2. The van der Waals surface area contributed by atoms with Gasteiger partial charge in [0.15, 0.2) is 11.5 Å². The summed E-state index contributed by atoms with van der Waals surface area (Å²) in [4.78, 5) is 12.4. The molecule has 36 heavy (non-hydrogen) atoms. The zero-order valence-electron chi connectivity index (χ0n) is 20.5. The van der Waals surface area contributed by atoms with Gasteiger partial charge in [0.2, 0.25) is 26.0 Å². The number of likely N-dealkylation sites (N-methyl/N-ethyl adjacent to an activating group) is 1. The molecule has 0 unspecified atom stereocenters. The minimum absolute atomic E-state index is 0.0334. The molecule has 1 aliphatic heterocycles. The molecule has 0 atom stereocenters. The molecule has 1 saturated heterocycles. The van der Waals surface area contributed by atoms with Crippen molar-refractivity contribution in [3.05, 3.63) is 42.5 Å². The molecule has 13 heteroatoms. The van der Waals surface area contributed by atoms with Crippen LogP contribution in [-0.4, -0.2) is 85.4 Å². The van der Waals surface area contributed by atoms with Gasteiger partial charge in [0, 0.05) is 26.2 Å². The Morgan fingerprint density at radius 3 is 2.17 bits per heavy atom. The van der Waals surface area contributed by atoms with Crippen LogP contribution < -0.4 is 19.5 Å². The number of ether oxygens (including phenoxy) is 3. The zero-order valence-corrected chi connectivity index (χ0v) is 22.1. The van der Waals surface area contributed by atoms with Gasteiger partial charge in [0.1, 0.15) is 12.4 Å². The topological polar surface area (TPSA) is 132 Å². The maximum Gasteiger partial charge on any atom is 0.243 e. The van der Waals surface area contributed by atoms with Crippen molar-refractivity contribution >= 4 is 26.0 Å². The van der Waals surface area contributed by atoms with E-state index in [4.69, 9.17) is 14.2 Å². The number of carbonyl (C=O) groups excluding carboxylic acids is 1. The number of hydrogen-bond acceptors (Lipinski definition) is 8. The predicted octanol–water partition coefficient (Wildman–Crippen LogP) is 1.30. The zero-order chi connectivity index (χ0) is 26.3. The van der Waals surface area contributed by atoms with Crippen LogP contribution in [0.5, 0.6) is 17.2 Å². The lowest BCUT2D eigenvalue weighted by Crippen LogP contribution is -2.39. The molecule has 198 valence electrons. The second-order valence-electron chi connectivity index (χ2n) is 8.06. The summed E-state index contributed by atoms with van der Waals surface area (Å²) in [5, 5.41) is 2.60. The molecule has 1 heterocycles. The van der Waals surface area contributed by atoms with E-state index in [-0.39, 0.29) is 35.2 Å². The Balaban J connectivity index is 1.47. The standard InChI is InChI=1S/C23H31N3O8S2/c1-25(35(28,29)20-10-11-21(32-2)22(16-20)33-3)17-23(27)24-12-15-34-18-6-8-19(9-7-18)36(30,31)26-13-4-5-14-26/h6-11,16H,4-5,12-15,17H2,1-3H3,(H,24,27). The normalized spacial score (nSPS) is 14.6. The molecule has 0 aliphatic carbocycles. The third-order valence-corrected chi connectivity index (χ3v) is 9.36. The molecule has 0 bridgehead atoms. The van der Waals surface area contributed by atoms with Crippen LogP contribution in [0.1, 0.15) is 12.8 Å². The third kappa shape index (κ3) is 6.46. The van der Waals surface area contributed by atoms with Crippen molar-refractivity contribution in [1.82, 2.24) is 13.9 Å². The van der Waals surface area contributed by atoms with Crippen LogP contribution in [0.15, 0.2) is 52.3 Å². The van der Waals surface area contributed by atoms with Crippen molar-refractivity contribution in [2.24, 2.45) is 0 Å². The van der Waals surface area contributed by atoms with E-state index in [1.54, 1.807) is 12.1 Å². The highest BCUT2D eigenvalue weighted by Crippen LogP contribution is 2.30. The summed E-state index contributed by atoms with van der Waals surface area (Å²) in [6, 6.07) is 10.3. The fourth-order valence-electron chi connectivity index (χ4n) is 3.64. The Hall–Kier alpha value is -2.87. The van der Waals surface area contributed by atoms with Gasteiger partial charge in [-0.2, -0.15) is 8.61 Å². The number of nitrogens with zero attached hydrogens (tertiary/aromatic N) is 2. The number of amides is 1. The first kappa shape index (κ1) is 27.7. The lowest BCUT2D eigenvalue weighted by Gasteiger charge is -2.18. The molecule has 1 N–H and O–H groups in total. The lowest BCUT2D eigenvalue weighted by atomic mass is 10.3. The van der Waals surface area contributed by atoms with Gasteiger partial charge in [-0.05, 0) is 49.2 Å². The van der Waals surface area contributed by atoms with E-state index < -0.39 is 26.0 Å². The van der Waals surface area contributed by atoms with Gasteiger partial charge in [-0.1, -0.05) is 0 Å². The Labute approximate surface area is 212 Å². The highest BCUT2D eigenvalue weighted by molar-refractivity contribution is 7.89. The number of sulfonamides is 2. The molecule has 0 aromatic heterocycles. The number of carbonyl (C=O) groups is 1. The van der Waals surface area contributed by atoms with Gasteiger partial charge >= 0.3 is 0 Å². The van der Waals surface area contributed by atoms with Crippen LogP contribution in [0.4, 0.5) is 0 Å². The summed E-state index contributed by atoms with van der Waals surface area (Å²) >= 11 is 0. The average Bonchev–Trinajstić information content (AvgIpc) is 3.42. The van der Waals surface area contributed by atoms with Crippen molar-refractivity contribution in [1.29, 1.82) is 0 Å². The van der Waals surface area contributed by atoms with E-state index >= 15 is 0 Å². The lowest BCUT2D eigenvalue weighted by molar-refractivity contribution is -0.121. The molecule has 0 saturated carbocycles. The molecule has 0 spiro atoms. The van der Waals surface area contributed by atoms with E-state index in [2.05, 4.69) is 5.32 Å². The largest absolute Gasteiger partial charge is 0.493 e. The third-order valence-electron chi connectivity index (χ3n) is 5.65. The second-order valence-corrected chi connectivity index (χ2v) is 12.0. The number of nitrogens with one attached hydrogen (secondary N) is 1. The summed E-state index contributed by atoms with van der Waals surface area (Å²) in [7, 11) is -3.27. The number of benzene rings is 2. The molecule has 1 aliphatic rings. The molecular formula is C23H31N3O8S2. The fraction of sp³-hybridized carbons (Fsp3) is 0.435. The van der Waals surface area contributed by atoms with Gasteiger partial charge in [-0.15, -0.1) is 0 Å². The van der Waals surface area contributed by atoms with Gasteiger partial charge in [0.25, 0.3) is 0 Å². The molecular weight excluding hydrogens is 510 g/mol. The SMILES string of the molecule is COc1ccc(S(=O)(=O)N(C)CC(=O)NCCOc2ccc(S(=O)(=O)N3CCCC3)cc2)cc1OC.